The largest absolute Gasteiger partial charge is 0.464 e. The van der Waals surface area contributed by atoms with Crippen LogP contribution in [0.3, 0.4) is 0 Å². The van der Waals surface area contributed by atoms with Crippen molar-refractivity contribution in [2.24, 2.45) is 0 Å². The number of esters is 1. The molecule has 6 heteroatoms. The van der Waals surface area contributed by atoms with Crippen molar-refractivity contribution in [2.75, 3.05) is 6.61 Å². The van der Waals surface area contributed by atoms with Crippen molar-refractivity contribution in [3.05, 3.63) is 35.6 Å². The van der Waals surface area contributed by atoms with Gasteiger partial charge in [0.15, 0.2) is 0 Å². The van der Waals surface area contributed by atoms with E-state index in [4.69, 9.17) is 9.47 Å². The van der Waals surface area contributed by atoms with E-state index in [1.165, 1.54) is 19.1 Å². The number of alkyl carbamates (subject to hydrolysis) is 1. The molecule has 23 heavy (non-hydrogen) atoms. The Kier molecular flexibility index (Phi) is 7.00. The van der Waals surface area contributed by atoms with E-state index >= 15 is 0 Å². The summed E-state index contributed by atoms with van der Waals surface area (Å²) in [7, 11) is 0. The van der Waals surface area contributed by atoms with Crippen molar-refractivity contribution in [3.8, 4) is 0 Å². The lowest BCUT2D eigenvalue weighted by molar-refractivity contribution is -0.145. The van der Waals surface area contributed by atoms with Crippen molar-refractivity contribution in [2.45, 2.75) is 52.2 Å². The van der Waals surface area contributed by atoms with Crippen LogP contribution in [-0.4, -0.2) is 30.3 Å². The zero-order valence-electron chi connectivity index (χ0n) is 14.0. The Morgan fingerprint density at radius 3 is 2.39 bits per heavy atom. The maximum atomic E-state index is 12.8. The van der Waals surface area contributed by atoms with Crippen molar-refractivity contribution in [1.29, 1.82) is 0 Å². The van der Waals surface area contributed by atoms with Crippen LogP contribution in [0.2, 0.25) is 0 Å². The van der Waals surface area contributed by atoms with Crippen molar-refractivity contribution in [1.82, 2.24) is 5.32 Å². The van der Waals surface area contributed by atoms with Crippen molar-refractivity contribution in [3.63, 3.8) is 0 Å². The molecule has 1 aromatic rings. The van der Waals surface area contributed by atoms with E-state index in [9.17, 15) is 14.0 Å². The van der Waals surface area contributed by atoms with Crippen LogP contribution < -0.4 is 5.32 Å². The van der Waals surface area contributed by atoms with E-state index in [-0.39, 0.29) is 12.4 Å². The number of amides is 1. The smallest absolute Gasteiger partial charge is 0.408 e. The highest BCUT2D eigenvalue weighted by Crippen LogP contribution is 2.07. The van der Waals surface area contributed by atoms with Gasteiger partial charge in [-0.25, -0.2) is 14.0 Å². The Hall–Kier alpha value is -2.11. The fourth-order valence-corrected chi connectivity index (χ4v) is 1.77. The highest BCUT2D eigenvalue weighted by atomic mass is 19.1. The van der Waals surface area contributed by atoms with Gasteiger partial charge >= 0.3 is 12.1 Å². The fraction of sp³-hybridized carbons (Fsp3) is 0.529. The molecule has 0 spiro atoms. The lowest BCUT2D eigenvalue weighted by atomic mass is 10.1. The molecule has 0 fully saturated rings. The van der Waals surface area contributed by atoms with Gasteiger partial charge in [-0.05, 0) is 58.2 Å². The molecule has 1 amide bonds. The van der Waals surface area contributed by atoms with E-state index < -0.39 is 23.7 Å². The van der Waals surface area contributed by atoms with E-state index in [0.29, 0.717) is 12.8 Å². The molecule has 0 aliphatic rings. The molecule has 0 aromatic heterocycles. The minimum atomic E-state index is -0.782. The fourth-order valence-electron chi connectivity index (χ4n) is 1.77. The second-order valence-electron chi connectivity index (χ2n) is 6.27. The van der Waals surface area contributed by atoms with Gasteiger partial charge in [-0.15, -0.1) is 0 Å². The molecular weight excluding hydrogens is 301 g/mol. The van der Waals surface area contributed by atoms with Crippen LogP contribution in [0.5, 0.6) is 0 Å². The number of aryl methyl sites for hydroxylation is 1. The molecule has 1 atom stereocenters. The van der Waals surface area contributed by atoms with Gasteiger partial charge in [0.25, 0.3) is 0 Å². The SMILES string of the molecule is CC(NC(=O)OC(C)(C)C)C(=O)OCCCc1ccc(F)cc1. The summed E-state index contributed by atoms with van der Waals surface area (Å²) >= 11 is 0. The van der Waals surface area contributed by atoms with Gasteiger partial charge in [0.05, 0.1) is 6.61 Å². The normalized spacial score (nSPS) is 12.4. The van der Waals surface area contributed by atoms with Gasteiger partial charge < -0.3 is 14.8 Å². The van der Waals surface area contributed by atoms with Crippen molar-refractivity contribution < 1.29 is 23.5 Å². The predicted octanol–water partition coefficient (Wildman–Crippen LogP) is 3.21. The lowest BCUT2D eigenvalue weighted by Gasteiger charge is -2.21. The third-order valence-corrected chi connectivity index (χ3v) is 2.85. The van der Waals surface area contributed by atoms with Gasteiger partial charge in [0.2, 0.25) is 0 Å². The molecule has 1 aromatic carbocycles. The summed E-state index contributed by atoms with van der Waals surface area (Å²) in [6.07, 6.45) is 0.645. The summed E-state index contributed by atoms with van der Waals surface area (Å²) in [5.41, 5.74) is 0.352. The Balaban J connectivity index is 2.25. The molecule has 1 rings (SSSR count). The molecule has 0 saturated carbocycles. The molecule has 0 bridgehead atoms. The lowest BCUT2D eigenvalue weighted by Crippen LogP contribution is -2.42. The number of halogens is 1. The molecule has 0 aliphatic heterocycles. The minimum Gasteiger partial charge on any atom is -0.464 e. The average molecular weight is 325 g/mol. The molecule has 0 radical (unpaired) electrons. The molecule has 5 nitrogen and oxygen atoms in total. The summed E-state index contributed by atoms with van der Waals surface area (Å²) in [6.45, 7) is 6.99. The van der Waals surface area contributed by atoms with Crippen LogP contribution in [0.25, 0.3) is 0 Å². The van der Waals surface area contributed by atoms with Gasteiger partial charge in [-0.1, -0.05) is 12.1 Å². The molecule has 0 saturated heterocycles. The van der Waals surface area contributed by atoms with Gasteiger partial charge in [0, 0.05) is 0 Å². The summed E-state index contributed by atoms with van der Waals surface area (Å²) in [5, 5.41) is 2.42. The summed E-state index contributed by atoms with van der Waals surface area (Å²) in [6, 6.07) is 5.41. The molecule has 1 unspecified atom stereocenters. The number of rotatable bonds is 6. The van der Waals surface area contributed by atoms with Crippen LogP contribution in [0.4, 0.5) is 9.18 Å². The van der Waals surface area contributed by atoms with Gasteiger partial charge in [-0.2, -0.15) is 0 Å². The summed E-state index contributed by atoms with van der Waals surface area (Å²) in [4.78, 5) is 23.3. The Bertz CT molecular complexity index is 522. The number of ether oxygens (including phenoxy) is 2. The zero-order valence-corrected chi connectivity index (χ0v) is 14.0. The first-order valence-electron chi connectivity index (χ1n) is 7.58. The summed E-state index contributed by atoms with van der Waals surface area (Å²) in [5.74, 6) is -0.794. The molecule has 0 heterocycles. The maximum absolute atomic E-state index is 12.8. The van der Waals surface area contributed by atoms with Crippen LogP contribution >= 0.6 is 0 Å². The first-order valence-corrected chi connectivity index (χ1v) is 7.58. The van der Waals surface area contributed by atoms with E-state index in [1.807, 2.05) is 0 Å². The Labute approximate surface area is 136 Å². The predicted molar refractivity (Wildman–Crippen MR) is 84.5 cm³/mol. The first kappa shape index (κ1) is 18.9. The molecule has 0 aliphatic carbocycles. The summed E-state index contributed by atoms with van der Waals surface area (Å²) < 4.78 is 22.9. The highest BCUT2D eigenvalue weighted by Gasteiger charge is 2.21. The monoisotopic (exact) mass is 325 g/mol. The number of hydrogen-bond acceptors (Lipinski definition) is 4. The third kappa shape index (κ3) is 8.18. The second-order valence-corrected chi connectivity index (χ2v) is 6.27. The topological polar surface area (TPSA) is 64.6 Å². The molecule has 1 N–H and O–H groups in total. The van der Waals surface area contributed by atoms with Gasteiger partial charge in [-0.3, -0.25) is 0 Å². The molecular formula is C17H24FNO4. The third-order valence-electron chi connectivity index (χ3n) is 2.85. The molecule has 128 valence electrons. The number of carbonyl (C=O) groups excluding carboxylic acids is 2. The zero-order chi connectivity index (χ0) is 17.5. The quantitative estimate of drug-likeness (QED) is 0.644. The van der Waals surface area contributed by atoms with Crippen LogP contribution in [0.1, 0.15) is 39.7 Å². The number of carbonyl (C=O) groups is 2. The Morgan fingerprint density at radius 1 is 1.22 bits per heavy atom. The number of hydrogen-bond donors (Lipinski definition) is 1. The van der Waals surface area contributed by atoms with Crippen LogP contribution in [-0.2, 0) is 20.7 Å². The van der Waals surface area contributed by atoms with E-state index in [2.05, 4.69) is 5.32 Å². The second kappa shape index (κ2) is 8.50. The van der Waals surface area contributed by atoms with Gasteiger partial charge in [0.1, 0.15) is 17.5 Å². The standard InChI is InChI=1S/C17H24FNO4/c1-12(19-16(21)23-17(2,3)4)15(20)22-11-5-6-13-7-9-14(18)10-8-13/h7-10,12H,5-6,11H2,1-4H3,(H,19,21). The number of benzene rings is 1. The van der Waals surface area contributed by atoms with E-state index in [0.717, 1.165) is 5.56 Å². The van der Waals surface area contributed by atoms with Crippen LogP contribution in [0.15, 0.2) is 24.3 Å². The van der Waals surface area contributed by atoms with Crippen molar-refractivity contribution >= 4 is 12.1 Å². The minimum absolute atomic E-state index is 0.233. The first-order chi connectivity index (χ1) is 10.7. The van der Waals surface area contributed by atoms with Crippen LogP contribution in [0, 0.1) is 5.82 Å². The highest BCUT2D eigenvalue weighted by molar-refractivity contribution is 5.80. The number of nitrogens with one attached hydrogen (secondary N) is 1. The Morgan fingerprint density at radius 2 is 1.83 bits per heavy atom. The maximum Gasteiger partial charge on any atom is 0.408 e. The van der Waals surface area contributed by atoms with E-state index in [1.54, 1.807) is 32.9 Å². The average Bonchev–Trinajstić information content (AvgIpc) is 2.43.